The highest BCUT2D eigenvalue weighted by molar-refractivity contribution is 6.42. The van der Waals surface area contributed by atoms with Gasteiger partial charge in [0.15, 0.2) is 0 Å². The summed E-state index contributed by atoms with van der Waals surface area (Å²) in [7, 11) is 1.52. The van der Waals surface area contributed by atoms with E-state index in [1.807, 2.05) is 0 Å². The minimum Gasteiger partial charge on any atom is -0.494 e. The van der Waals surface area contributed by atoms with Gasteiger partial charge in [0, 0.05) is 17.3 Å². The molecule has 0 spiro atoms. The highest BCUT2D eigenvalue weighted by atomic mass is 35.5. The lowest BCUT2D eigenvalue weighted by Gasteiger charge is -2.11. The number of carbonyl (C=O) groups is 1. The van der Waals surface area contributed by atoms with Crippen molar-refractivity contribution in [1.29, 1.82) is 0 Å². The number of rotatable bonds is 4. The van der Waals surface area contributed by atoms with E-state index in [9.17, 15) is 4.79 Å². The number of amides is 1. The Bertz CT molecular complexity index is 884. The molecule has 0 aliphatic carbocycles. The van der Waals surface area contributed by atoms with Gasteiger partial charge >= 0.3 is 0 Å². The molecule has 1 aromatic heterocycles. The fourth-order valence-corrected chi connectivity index (χ4v) is 2.36. The molecule has 0 saturated heterocycles. The Balaban J connectivity index is 1.85. The van der Waals surface area contributed by atoms with Crippen molar-refractivity contribution >= 4 is 34.8 Å². The molecular weight excluding hydrogens is 353 g/mol. The Morgan fingerprint density at radius 2 is 2.00 bits per heavy atom. The van der Waals surface area contributed by atoms with Crippen molar-refractivity contribution in [3.8, 4) is 11.4 Å². The third-order valence-electron chi connectivity index (χ3n) is 3.22. The number of methoxy groups -OCH3 is 1. The van der Waals surface area contributed by atoms with Gasteiger partial charge < -0.3 is 10.1 Å². The molecule has 7 nitrogen and oxygen atoms in total. The Labute approximate surface area is 147 Å². The molecule has 0 aliphatic rings. The molecule has 122 valence electrons. The maximum atomic E-state index is 12.3. The van der Waals surface area contributed by atoms with Crippen LogP contribution in [0.4, 0.5) is 5.69 Å². The molecule has 0 unspecified atom stereocenters. The zero-order valence-electron chi connectivity index (χ0n) is 12.4. The minimum atomic E-state index is -0.314. The van der Waals surface area contributed by atoms with Crippen LogP contribution in [0.2, 0.25) is 10.0 Å². The molecule has 2 aromatic carbocycles. The van der Waals surface area contributed by atoms with Crippen LogP contribution in [0, 0.1) is 0 Å². The van der Waals surface area contributed by atoms with E-state index in [0.717, 1.165) is 0 Å². The predicted molar refractivity (Wildman–Crippen MR) is 90.1 cm³/mol. The van der Waals surface area contributed by atoms with Gasteiger partial charge in [-0.25, -0.2) is 0 Å². The van der Waals surface area contributed by atoms with E-state index >= 15 is 0 Å². The molecule has 1 N–H and O–H groups in total. The third-order valence-corrected chi connectivity index (χ3v) is 3.95. The quantitative estimate of drug-likeness (QED) is 0.769. The normalized spacial score (nSPS) is 10.5. The zero-order valence-corrected chi connectivity index (χ0v) is 13.9. The first-order valence-electron chi connectivity index (χ1n) is 6.76. The molecule has 9 heteroatoms. The van der Waals surface area contributed by atoms with Crippen molar-refractivity contribution < 1.29 is 9.53 Å². The van der Waals surface area contributed by atoms with E-state index in [0.29, 0.717) is 32.7 Å². The molecule has 0 bridgehead atoms. The predicted octanol–water partition coefficient (Wildman–Crippen LogP) is 3.23. The third kappa shape index (κ3) is 3.32. The van der Waals surface area contributed by atoms with E-state index in [-0.39, 0.29) is 5.91 Å². The molecular formula is C15H11Cl2N5O2. The Hall–Kier alpha value is -2.64. The summed E-state index contributed by atoms with van der Waals surface area (Å²) in [6.45, 7) is 0. The number of tetrazole rings is 1. The lowest BCUT2D eigenvalue weighted by atomic mass is 10.2. The Morgan fingerprint density at radius 1 is 1.17 bits per heavy atom. The second kappa shape index (κ2) is 6.86. The molecule has 0 aliphatic heterocycles. The second-order valence-corrected chi connectivity index (χ2v) is 5.54. The maximum Gasteiger partial charge on any atom is 0.255 e. The minimum absolute atomic E-state index is 0.314. The summed E-state index contributed by atoms with van der Waals surface area (Å²) in [6, 6.07) is 9.80. The van der Waals surface area contributed by atoms with E-state index in [4.69, 9.17) is 27.9 Å². The first kappa shape index (κ1) is 16.2. The van der Waals surface area contributed by atoms with E-state index in [1.54, 1.807) is 30.3 Å². The largest absolute Gasteiger partial charge is 0.494 e. The summed E-state index contributed by atoms with van der Waals surface area (Å²) in [5.74, 6) is 0.194. The van der Waals surface area contributed by atoms with Crippen LogP contribution in [0.25, 0.3) is 5.69 Å². The maximum absolute atomic E-state index is 12.3. The van der Waals surface area contributed by atoms with Crippen LogP contribution >= 0.6 is 23.2 Å². The summed E-state index contributed by atoms with van der Waals surface area (Å²) in [4.78, 5) is 12.3. The monoisotopic (exact) mass is 363 g/mol. The molecule has 0 atom stereocenters. The van der Waals surface area contributed by atoms with E-state index in [2.05, 4.69) is 20.8 Å². The summed E-state index contributed by atoms with van der Waals surface area (Å²) >= 11 is 11.8. The van der Waals surface area contributed by atoms with Crippen molar-refractivity contribution in [2.24, 2.45) is 0 Å². The average Bonchev–Trinajstić information content (AvgIpc) is 3.11. The molecule has 0 radical (unpaired) electrons. The number of nitrogens with zero attached hydrogens (tertiary/aromatic N) is 4. The molecule has 3 rings (SSSR count). The summed E-state index contributed by atoms with van der Waals surface area (Å²) < 4.78 is 6.79. The molecule has 0 fully saturated rings. The summed E-state index contributed by atoms with van der Waals surface area (Å²) in [6.07, 6.45) is 1.45. The standard InChI is InChI=1S/C15H11Cl2N5O2/c1-24-14-7-10(3-5-13(14)22-8-18-20-21-22)19-15(23)9-2-4-11(16)12(17)6-9/h2-8H,1H3,(H,19,23). The van der Waals surface area contributed by atoms with Gasteiger partial charge in [-0.1, -0.05) is 23.2 Å². The molecule has 3 aromatic rings. The topological polar surface area (TPSA) is 81.9 Å². The Kier molecular flexibility index (Phi) is 4.64. The molecule has 1 heterocycles. The highest BCUT2D eigenvalue weighted by Gasteiger charge is 2.12. The van der Waals surface area contributed by atoms with Crippen molar-refractivity contribution in [3.63, 3.8) is 0 Å². The van der Waals surface area contributed by atoms with Gasteiger partial charge in [-0.15, -0.1) is 5.10 Å². The fourth-order valence-electron chi connectivity index (χ4n) is 2.06. The van der Waals surface area contributed by atoms with Crippen molar-refractivity contribution in [3.05, 3.63) is 58.3 Å². The summed E-state index contributed by atoms with van der Waals surface area (Å²) in [5.41, 5.74) is 1.60. The number of ether oxygens (including phenoxy) is 1. The van der Waals surface area contributed by atoms with Gasteiger partial charge in [-0.05, 0) is 40.8 Å². The van der Waals surface area contributed by atoms with Gasteiger partial charge in [0.25, 0.3) is 5.91 Å². The van der Waals surface area contributed by atoms with Gasteiger partial charge in [-0.3, -0.25) is 4.79 Å². The van der Waals surface area contributed by atoms with E-state index in [1.165, 1.54) is 24.2 Å². The van der Waals surface area contributed by atoms with Crippen molar-refractivity contribution in [1.82, 2.24) is 20.2 Å². The lowest BCUT2D eigenvalue weighted by molar-refractivity contribution is 0.102. The van der Waals surface area contributed by atoms with Crippen LogP contribution in [-0.4, -0.2) is 33.2 Å². The van der Waals surface area contributed by atoms with Crippen LogP contribution in [0.3, 0.4) is 0 Å². The number of nitrogens with one attached hydrogen (secondary N) is 1. The first-order chi connectivity index (χ1) is 11.6. The Morgan fingerprint density at radius 3 is 2.67 bits per heavy atom. The van der Waals surface area contributed by atoms with Gasteiger partial charge in [0.05, 0.1) is 17.2 Å². The average molecular weight is 364 g/mol. The van der Waals surface area contributed by atoms with Crippen LogP contribution in [0.1, 0.15) is 10.4 Å². The molecule has 1 amide bonds. The van der Waals surface area contributed by atoms with Crippen LogP contribution in [-0.2, 0) is 0 Å². The van der Waals surface area contributed by atoms with Crippen LogP contribution in [0.5, 0.6) is 5.75 Å². The van der Waals surface area contributed by atoms with Crippen molar-refractivity contribution in [2.75, 3.05) is 12.4 Å². The highest BCUT2D eigenvalue weighted by Crippen LogP contribution is 2.27. The van der Waals surface area contributed by atoms with Gasteiger partial charge in [0.1, 0.15) is 17.8 Å². The van der Waals surface area contributed by atoms with Crippen LogP contribution < -0.4 is 10.1 Å². The molecule has 24 heavy (non-hydrogen) atoms. The van der Waals surface area contributed by atoms with Crippen molar-refractivity contribution in [2.45, 2.75) is 0 Å². The zero-order chi connectivity index (χ0) is 17.1. The number of hydrogen-bond acceptors (Lipinski definition) is 5. The molecule has 0 saturated carbocycles. The number of hydrogen-bond donors (Lipinski definition) is 1. The van der Waals surface area contributed by atoms with Gasteiger partial charge in [-0.2, -0.15) is 4.68 Å². The van der Waals surface area contributed by atoms with E-state index < -0.39 is 0 Å². The first-order valence-corrected chi connectivity index (χ1v) is 7.52. The lowest BCUT2D eigenvalue weighted by Crippen LogP contribution is -2.12. The number of halogens is 2. The summed E-state index contributed by atoms with van der Waals surface area (Å²) in [5, 5.41) is 14.5. The number of benzene rings is 2. The number of anilines is 1. The number of aromatic nitrogens is 4. The smallest absolute Gasteiger partial charge is 0.255 e. The number of carbonyl (C=O) groups excluding carboxylic acids is 1. The SMILES string of the molecule is COc1cc(NC(=O)c2ccc(Cl)c(Cl)c2)ccc1-n1cnnn1. The fraction of sp³-hybridized carbons (Fsp3) is 0.0667. The second-order valence-electron chi connectivity index (χ2n) is 4.72. The van der Waals surface area contributed by atoms with Crippen LogP contribution in [0.15, 0.2) is 42.7 Å². The van der Waals surface area contributed by atoms with Gasteiger partial charge in [0.2, 0.25) is 0 Å².